The maximum absolute atomic E-state index is 5.98. The van der Waals surface area contributed by atoms with Crippen molar-refractivity contribution < 1.29 is 9.47 Å². The van der Waals surface area contributed by atoms with Crippen LogP contribution in [-0.4, -0.2) is 19.8 Å². The highest BCUT2D eigenvalue weighted by molar-refractivity contribution is 9.10. The number of rotatable bonds is 7. The largest absolute Gasteiger partial charge is 0.490 e. The molecular formula is C16H17BrClNO2. The number of hydrogen-bond donors (Lipinski definition) is 1. The summed E-state index contributed by atoms with van der Waals surface area (Å²) in [6.45, 7) is 1.51. The van der Waals surface area contributed by atoms with Gasteiger partial charge < -0.3 is 15.2 Å². The van der Waals surface area contributed by atoms with E-state index in [1.165, 1.54) is 0 Å². The van der Waals surface area contributed by atoms with E-state index in [2.05, 4.69) is 15.9 Å². The molecule has 3 nitrogen and oxygen atoms in total. The minimum Gasteiger partial charge on any atom is -0.490 e. The Morgan fingerprint density at radius 1 is 1.00 bits per heavy atom. The summed E-state index contributed by atoms with van der Waals surface area (Å²) in [5, 5.41) is 0.692. The molecule has 0 saturated heterocycles. The van der Waals surface area contributed by atoms with Crippen LogP contribution < -0.4 is 15.2 Å². The summed E-state index contributed by atoms with van der Waals surface area (Å²) in [4.78, 5) is 0. The van der Waals surface area contributed by atoms with Gasteiger partial charge in [-0.3, -0.25) is 0 Å². The van der Waals surface area contributed by atoms with Crippen LogP contribution in [0.15, 0.2) is 46.9 Å². The lowest BCUT2D eigenvalue weighted by atomic mass is 10.1. The summed E-state index contributed by atoms with van der Waals surface area (Å²) in [5.41, 5.74) is 6.62. The SMILES string of the molecule is NCCc1cc(Cl)ccc1OCCOc1ccc(Br)cc1. The van der Waals surface area contributed by atoms with Crippen molar-refractivity contribution in [2.45, 2.75) is 6.42 Å². The molecule has 5 heteroatoms. The second-order valence-electron chi connectivity index (χ2n) is 4.44. The average molecular weight is 371 g/mol. The van der Waals surface area contributed by atoms with Crippen LogP contribution in [0.5, 0.6) is 11.5 Å². The Balaban J connectivity index is 1.84. The van der Waals surface area contributed by atoms with Crippen molar-refractivity contribution in [3.63, 3.8) is 0 Å². The molecule has 0 atom stereocenters. The Bertz CT molecular complexity index is 575. The Labute approximate surface area is 138 Å². The second kappa shape index (κ2) is 8.27. The summed E-state index contributed by atoms with van der Waals surface area (Å²) < 4.78 is 12.4. The van der Waals surface area contributed by atoms with E-state index in [0.29, 0.717) is 24.8 Å². The zero-order chi connectivity index (χ0) is 15.1. The fraction of sp³-hybridized carbons (Fsp3) is 0.250. The molecule has 0 spiro atoms. The third kappa shape index (κ3) is 5.23. The molecule has 0 unspecified atom stereocenters. The van der Waals surface area contributed by atoms with Gasteiger partial charge in [0.25, 0.3) is 0 Å². The van der Waals surface area contributed by atoms with Crippen molar-refractivity contribution in [3.05, 3.63) is 57.5 Å². The van der Waals surface area contributed by atoms with E-state index in [4.69, 9.17) is 26.8 Å². The van der Waals surface area contributed by atoms with Gasteiger partial charge in [0.05, 0.1) is 0 Å². The van der Waals surface area contributed by atoms with Crippen LogP contribution in [0.2, 0.25) is 5.02 Å². The van der Waals surface area contributed by atoms with Gasteiger partial charge in [0.15, 0.2) is 0 Å². The van der Waals surface area contributed by atoms with Crippen molar-refractivity contribution in [1.82, 2.24) is 0 Å². The Morgan fingerprint density at radius 3 is 2.43 bits per heavy atom. The van der Waals surface area contributed by atoms with Gasteiger partial charge in [0.1, 0.15) is 24.7 Å². The molecule has 112 valence electrons. The molecule has 21 heavy (non-hydrogen) atoms. The second-order valence-corrected chi connectivity index (χ2v) is 5.79. The molecule has 2 rings (SSSR count). The van der Waals surface area contributed by atoms with Crippen LogP contribution in [-0.2, 0) is 6.42 Å². The Kier molecular flexibility index (Phi) is 6.36. The van der Waals surface area contributed by atoms with E-state index in [-0.39, 0.29) is 0 Å². The van der Waals surface area contributed by atoms with Crippen molar-refractivity contribution in [2.75, 3.05) is 19.8 Å². The molecule has 0 heterocycles. The maximum Gasteiger partial charge on any atom is 0.122 e. The topological polar surface area (TPSA) is 44.5 Å². The molecule has 0 amide bonds. The first-order valence-electron chi connectivity index (χ1n) is 6.68. The first kappa shape index (κ1) is 16.1. The minimum absolute atomic E-state index is 0.468. The minimum atomic E-state index is 0.468. The van der Waals surface area contributed by atoms with Crippen LogP contribution in [0.3, 0.4) is 0 Å². The van der Waals surface area contributed by atoms with Crippen LogP contribution in [0.4, 0.5) is 0 Å². The fourth-order valence-electron chi connectivity index (χ4n) is 1.88. The van der Waals surface area contributed by atoms with E-state index in [1.807, 2.05) is 42.5 Å². The van der Waals surface area contributed by atoms with Crippen molar-refractivity contribution in [1.29, 1.82) is 0 Å². The summed E-state index contributed by atoms with van der Waals surface area (Å²) in [7, 11) is 0. The summed E-state index contributed by atoms with van der Waals surface area (Å²) in [6.07, 6.45) is 0.740. The fourth-order valence-corrected chi connectivity index (χ4v) is 2.34. The maximum atomic E-state index is 5.98. The van der Waals surface area contributed by atoms with Crippen molar-refractivity contribution in [3.8, 4) is 11.5 Å². The monoisotopic (exact) mass is 369 g/mol. The van der Waals surface area contributed by atoms with E-state index < -0.39 is 0 Å². The van der Waals surface area contributed by atoms with Gasteiger partial charge in [0, 0.05) is 9.50 Å². The Hall–Kier alpha value is -1.23. The van der Waals surface area contributed by atoms with Gasteiger partial charge in [-0.25, -0.2) is 0 Å². The molecule has 0 aromatic heterocycles. The molecule has 0 bridgehead atoms. The lowest BCUT2D eigenvalue weighted by Crippen LogP contribution is -2.11. The lowest BCUT2D eigenvalue weighted by Gasteiger charge is -2.12. The lowest BCUT2D eigenvalue weighted by molar-refractivity contribution is 0.216. The van der Waals surface area contributed by atoms with Gasteiger partial charge in [-0.15, -0.1) is 0 Å². The molecule has 2 aromatic rings. The molecule has 0 saturated carbocycles. The number of halogens is 2. The molecule has 0 aliphatic carbocycles. The van der Waals surface area contributed by atoms with Crippen LogP contribution in [0, 0.1) is 0 Å². The first-order chi connectivity index (χ1) is 10.2. The quantitative estimate of drug-likeness (QED) is 0.748. The summed E-state index contributed by atoms with van der Waals surface area (Å²) in [5.74, 6) is 1.63. The summed E-state index contributed by atoms with van der Waals surface area (Å²) in [6, 6.07) is 13.3. The number of hydrogen-bond acceptors (Lipinski definition) is 3. The van der Waals surface area contributed by atoms with E-state index in [1.54, 1.807) is 0 Å². The van der Waals surface area contributed by atoms with E-state index in [0.717, 1.165) is 28.0 Å². The highest BCUT2D eigenvalue weighted by Crippen LogP contribution is 2.23. The van der Waals surface area contributed by atoms with Gasteiger partial charge in [-0.1, -0.05) is 27.5 Å². The van der Waals surface area contributed by atoms with E-state index >= 15 is 0 Å². The van der Waals surface area contributed by atoms with Gasteiger partial charge in [-0.05, 0) is 61.0 Å². The molecule has 2 aromatic carbocycles. The first-order valence-corrected chi connectivity index (χ1v) is 7.86. The third-order valence-electron chi connectivity index (χ3n) is 2.86. The third-order valence-corrected chi connectivity index (χ3v) is 3.62. The number of ether oxygens (including phenoxy) is 2. The van der Waals surface area contributed by atoms with Crippen LogP contribution in [0.25, 0.3) is 0 Å². The van der Waals surface area contributed by atoms with Crippen LogP contribution >= 0.6 is 27.5 Å². The normalized spacial score (nSPS) is 10.4. The van der Waals surface area contributed by atoms with Gasteiger partial charge in [0.2, 0.25) is 0 Å². The summed E-state index contributed by atoms with van der Waals surface area (Å²) >= 11 is 9.37. The van der Waals surface area contributed by atoms with Crippen molar-refractivity contribution >= 4 is 27.5 Å². The predicted molar refractivity (Wildman–Crippen MR) is 89.3 cm³/mol. The van der Waals surface area contributed by atoms with Gasteiger partial charge in [-0.2, -0.15) is 0 Å². The molecule has 0 fully saturated rings. The molecule has 0 aliphatic heterocycles. The standard InChI is InChI=1S/C16H17BrClNO2/c17-13-1-4-15(5-2-13)20-9-10-21-16-6-3-14(18)11-12(16)7-8-19/h1-6,11H,7-10,19H2. The number of benzene rings is 2. The molecule has 2 N–H and O–H groups in total. The smallest absolute Gasteiger partial charge is 0.122 e. The Morgan fingerprint density at radius 2 is 1.71 bits per heavy atom. The van der Waals surface area contributed by atoms with Crippen LogP contribution in [0.1, 0.15) is 5.56 Å². The van der Waals surface area contributed by atoms with Gasteiger partial charge >= 0.3 is 0 Å². The number of nitrogens with two attached hydrogens (primary N) is 1. The highest BCUT2D eigenvalue weighted by Gasteiger charge is 2.04. The van der Waals surface area contributed by atoms with Crippen molar-refractivity contribution in [2.24, 2.45) is 5.73 Å². The van der Waals surface area contributed by atoms with E-state index in [9.17, 15) is 0 Å². The average Bonchev–Trinajstić information content (AvgIpc) is 2.48. The highest BCUT2D eigenvalue weighted by atomic mass is 79.9. The zero-order valence-electron chi connectivity index (χ0n) is 11.5. The molecule has 0 radical (unpaired) electrons. The molecular weight excluding hydrogens is 354 g/mol. The molecule has 0 aliphatic rings. The predicted octanol–water partition coefficient (Wildman–Crippen LogP) is 4.06. The zero-order valence-corrected chi connectivity index (χ0v) is 13.9.